The number of hydrogen-bond acceptors (Lipinski definition) is 5. The van der Waals surface area contributed by atoms with Gasteiger partial charge in [0.15, 0.2) is 0 Å². The van der Waals surface area contributed by atoms with E-state index in [1.165, 1.54) is 17.2 Å². The van der Waals surface area contributed by atoms with E-state index in [0.29, 0.717) is 41.4 Å². The third-order valence-electron chi connectivity index (χ3n) is 5.62. The van der Waals surface area contributed by atoms with Crippen molar-refractivity contribution in [3.63, 3.8) is 0 Å². The molecule has 0 aliphatic rings. The molecule has 0 spiro atoms. The van der Waals surface area contributed by atoms with E-state index in [1.807, 2.05) is 29.0 Å². The zero-order valence-corrected chi connectivity index (χ0v) is 20.8. The largest absolute Gasteiger partial charge is 0.497 e. The Morgan fingerprint density at radius 1 is 1.06 bits per heavy atom. The average molecular weight is 486 g/mol. The molecule has 0 aliphatic carbocycles. The predicted octanol–water partition coefficient (Wildman–Crippen LogP) is 5.60. The van der Waals surface area contributed by atoms with Gasteiger partial charge in [-0.05, 0) is 29.8 Å². The van der Waals surface area contributed by atoms with E-state index < -0.39 is 14.5 Å². The summed E-state index contributed by atoms with van der Waals surface area (Å²) < 4.78 is 42.6. The summed E-state index contributed by atoms with van der Waals surface area (Å²) in [4.78, 5) is 8.72. The number of nitrogens with zero attached hydrogens (tertiary/aromatic N) is 5. The van der Waals surface area contributed by atoms with Gasteiger partial charge in [0.2, 0.25) is 0 Å². The molecule has 0 fully saturated rings. The number of halogens is 2. The lowest BCUT2D eigenvalue weighted by Gasteiger charge is -2.15. The van der Waals surface area contributed by atoms with Crippen molar-refractivity contribution in [2.45, 2.75) is 45.4 Å². The number of fused-ring (bicyclic) bond motifs is 1. The summed E-state index contributed by atoms with van der Waals surface area (Å²) in [7, 11) is 0.402. The van der Waals surface area contributed by atoms with Crippen LogP contribution in [0.5, 0.6) is 5.75 Å². The molecule has 10 heteroatoms. The molecule has 34 heavy (non-hydrogen) atoms. The highest BCUT2D eigenvalue weighted by Crippen LogP contribution is 2.34. The summed E-state index contributed by atoms with van der Waals surface area (Å²) in [5.41, 5.74) is 2.04. The Balaban J connectivity index is 1.61. The van der Waals surface area contributed by atoms with Crippen LogP contribution in [0.15, 0.2) is 49.1 Å². The SMILES string of the molecule is COc1ccc(Cn2ncc(-c3ncnc4c3ccn4COCC[Si](C)(C)C)c2C(F)F)cc1. The first kappa shape index (κ1) is 24.0. The van der Waals surface area contributed by atoms with Crippen LogP contribution < -0.4 is 4.74 Å². The molecule has 0 amide bonds. The van der Waals surface area contributed by atoms with Crippen molar-refractivity contribution in [3.05, 3.63) is 60.3 Å². The Morgan fingerprint density at radius 3 is 2.50 bits per heavy atom. The maximum Gasteiger partial charge on any atom is 0.280 e. The van der Waals surface area contributed by atoms with Gasteiger partial charge in [-0.2, -0.15) is 5.10 Å². The number of benzene rings is 1. The molecule has 4 rings (SSSR count). The monoisotopic (exact) mass is 485 g/mol. The van der Waals surface area contributed by atoms with Gasteiger partial charge in [0, 0.05) is 31.8 Å². The maximum absolute atomic E-state index is 14.2. The highest BCUT2D eigenvalue weighted by atomic mass is 28.3. The van der Waals surface area contributed by atoms with Crippen molar-refractivity contribution < 1.29 is 18.3 Å². The van der Waals surface area contributed by atoms with Gasteiger partial charge in [-0.1, -0.05) is 31.8 Å². The Labute approximate surface area is 198 Å². The smallest absolute Gasteiger partial charge is 0.280 e. The van der Waals surface area contributed by atoms with E-state index in [9.17, 15) is 8.78 Å². The molecule has 0 saturated heterocycles. The zero-order chi connectivity index (χ0) is 24.3. The van der Waals surface area contributed by atoms with Gasteiger partial charge in [0.05, 0.1) is 25.5 Å². The number of ether oxygens (including phenoxy) is 2. The standard InChI is InChI=1S/C24H29F2N5O2Si/c1-32-18-7-5-17(6-8-18)14-31-22(23(25)26)20(13-29-31)21-19-9-10-30(24(19)28-15-27-21)16-33-11-12-34(2,3)4/h5-10,13,15,23H,11-12,14,16H2,1-4H3. The Hall–Kier alpha value is -3.11. The molecule has 0 N–H and O–H groups in total. The Morgan fingerprint density at radius 2 is 1.82 bits per heavy atom. The topological polar surface area (TPSA) is 67.0 Å². The van der Waals surface area contributed by atoms with Crippen LogP contribution in [0.2, 0.25) is 25.7 Å². The van der Waals surface area contributed by atoms with Crippen LogP contribution in [-0.4, -0.2) is 46.1 Å². The minimum atomic E-state index is -2.72. The minimum Gasteiger partial charge on any atom is -0.497 e. The summed E-state index contributed by atoms with van der Waals surface area (Å²) in [6.07, 6.45) is 1.98. The fraction of sp³-hybridized carbons (Fsp3) is 0.375. The molecular weight excluding hydrogens is 456 g/mol. The second kappa shape index (κ2) is 10.0. The molecule has 7 nitrogen and oxygen atoms in total. The fourth-order valence-electron chi connectivity index (χ4n) is 3.70. The fourth-order valence-corrected chi connectivity index (χ4v) is 4.46. The lowest BCUT2D eigenvalue weighted by atomic mass is 10.1. The normalized spacial score (nSPS) is 12.1. The van der Waals surface area contributed by atoms with Crippen molar-refractivity contribution in [1.29, 1.82) is 0 Å². The van der Waals surface area contributed by atoms with E-state index in [2.05, 4.69) is 34.7 Å². The number of methoxy groups -OCH3 is 1. The van der Waals surface area contributed by atoms with Crippen molar-refractivity contribution in [2.24, 2.45) is 0 Å². The summed E-state index contributed by atoms with van der Waals surface area (Å²) in [5, 5.41) is 4.95. The van der Waals surface area contributed by atoms with Gasteiger partial charge < -0.3 is 14.0 Å². The zero-order valence-electron chi connectivity index (χ0n) is 19.8. The van der Waals surface area contributed by atoms with Gasteiger partial charge in [0.25, 0.3) is 6.43 Å². The van der Waals surface area contributed by atoms with Crippen molar-refractivity contribution in [2.75, 3.05) is 13.7 Å². The van der Waals surface area contributed by atoms with E-state index >= 15 is 0 Å². The lowest BCUT2D eigenvalue weighted by Crippen LogP contribution is -2.22. The third-order valence-corrected chi connectivity index (χ3v) is 7.32. The first-order valence-corrected chi connectivity index (χ1v) is 14.8. The van der Waals surface area contributed by atoms with Crippen LogP contribution in [0.4, 0.5) is 8.78 Å². The minimum absolute atomic E-state index is 0.171. The molecule has 3 heterocycles. The van der Waals surface area contributed by atoms with Crippen LogP contribution >= 0.6 is 0 Å². The molecule has 3 aromatic heterocycles. The summed E-state index contributed by atoms with van der Waals surface area (Å²) in [5.74, 6) is 0.705. The van der Waals surface area contributed by atoms with Gasteiger partial charge in [-0.15, -0.1) is 0 Å². The van der Waals surface area contributed by atoms with E-state index in [0.717, 1.165) is 11.6 Å². The molecule has 180 valence electrons. The molecule has 0 bridgehead atoms. The summed E-state index contributed by atoms with van der Waals surface area (Å²) in [6, 6.07) is 10.2. The van der Waals surface area contributed by atoms with Crippen molar-refractivity contribution in [1.82, 2.24) is 24.3 Å². The van der Waals surface area contributed by atoms with Crippen LogP contribution in [0.25, 0.3) is 22.3 Å². The van der Waals surface area contributed by atoms with Crippen molar-refractivity contribution >= 4 is 19.1 Å². The van der Waals surface area contributed by atoms with Crippen molar-refractivity contribution in [3.8, 4) is 17.0 Å². The number of rotatable bonds is 10. The number of alkyl halides is 2. The predicted molar refractivity (Wildman–Crippen MR) is 130 cm³/mol. The average Bonchev–Trinajstić information content (AvgIpc) is 3.41. The highest BCUT2D eigenvalue weighted by molar-refractivity contribution is 6.76. The quantitative estimate of drug-likeness (QED) is 0.216. The number of aromatic nitrogens is 5. The van der Waals surface area contributed by atoms with Crippen LogP contribution in [0, 0.1) is 0 Å². The lowest BCUT2D eigenvalue weighted by molar-refractivity contribution is 0.0899. The summed E-state index contributed by atoms with van der Waals surface area (Å²) >= 11 is 0. The molecule has 0 aliphatic heterocycles. The molecule has 4 aromatic rings. The van der Waals surface area contributed by atoms with E-state index in [1.54, 1.807) is 19.2 Å². The molecule has 0 unspecified atom stereocenters. The van der Waals surface area contributed by atoms with E-state index in [4.69, 9.17) is 9.47 Å². The van der Waals surface area contributed by atoms with Gasteiger partial charge in [-0.25, -0.2) is 18.7 Å². The third kappa shape index (κ3) is 5.34. The molecular formula is C24H29F2N5O2Si. The van der Waals surface area contributed by atoms with E-state index in [-0.39, 0.29) is 12.2 Å². The van der Waals surface area contributed by atoms with Gasteiger partial charge in [-0.3, -0.25) is 4.68 Å². The Kier molecular flexibility index (Phi) is 7.08. The second-order valence-electron chi connectivity index (χ2n) is 9.34. The Bertz CT molecular complexity index is 1250. The van der Waals surface area contributed by atoms with Crippen LogP contribution in [0.3, 0.4) is 0 Å². The molecule has 0 atom stereocenters. The van der Waals surface area contributed by atoms with Crippen LogP contribution in [0.1, 0.15) is 17.7 Å². The molecule has 1 aromatic carbocycles. The maximum atomic E-state index is 14.2. The number of hydrogen-bond donors (Lipinski definition) is 0. The first-order chi connectivity index (χ1) is 16.3. The molecule has 0 saturated carbocycles. The van der Waals surface area contributed by atoms with Crippen LogP contribution in [-0.2, 0) is 18.0 Å². The molecule has 0 radical (unpaired) electrons. The highest BCUT2D eigenvalue weighted by Gasteiger charge is 2.24. The van der Waals surface area contributed by atoms with Gasteiger partial charge >= 0.3 is 0 Å². The summed E-state index contributed by atoms with van der Waals surface area (Å²) in [6.45, 7) is 8.15. The van der Waals surface area contributed by atoms with Gasteiger partial charge in [0.1, 0.15) is 30.1 Å². The first-order valence-electron chi connectivity index (χ1n) is 11.1. The second-order valence-corrected chi connectivity index (χ2v) is 15.0.